The van der Waals surface area contributed by atoms with Crippen molar-refractivity contribution in [2.24, 2.45) is 0 Å². The highest BCUT2D eigenvalue weighted by Crippen LogP contribution is 2.33. The van der Waals surface area contributed by atoms with Gasteiger partial charge in [0.1, 0.15) is 5.52 Å². The minimum atomic E-state index is -3.42. The van der Waals surface area contributed by atoms with Gasteiger partial charge in [-0.3, -0.25) is 9.69 Å². The summed E-state index contributed by atoms with van der Waals surface area (Å²) in [5, 5.41) is 1.26. The molecule has 0 unspecified atom stereocenters. The number of anilines is 1. The number of carbonyl (C=O) groups is 1. The van der Waals surface area contributed by atoms with Crippen LogP contribution in [0.5, 0.6) is 0 Å². The fourth-order valence-electron chi connectivity index (χ4n) is 3.51. The molecule has 10 heteroatoms. The van der Waals surface area contributed by atoms with Gasteiger partial charge in [0.25, 0.3) is 0 Å². The molecule has 0 saturated heterocycles. The van der Waals surface area contributed by atoms with Crippen LogP contribution in [0.25, 0.3) is 10.2 Å². The predicted molar refractivity (Wildman–Crippen MR) is 144 cm³/mol. The summed E-state index contributed by atoms with van der Waals surface area (Å²) in [6.07, 6.45) is 2.31. The molecule has 3 rings (SSSR count). The number of hydrogen-bond acceptors (Lipinski definition) is 7. The molecular formula is C24H30ClN3O3S3. The highest BCUT2D eigenvalue weighted by atomic mass is 35.5. The molecule has 0 saturated carbocycles. The van der Waals surface area contributed by atoms with Gasteiger partial charge in [0, 0.05) is 35.7 Å². The molecule has 1 heterocycles. The fourth-order valence-corrected chi connectivity index (χ4v) is 6.43. The zero-order valence-electron chi connectivity index (χ0n) is 19.7. The number of nitrogens with zero attached hydrogens (tertiary/aromatic N) is 3. The number of aromatic nitrogens is 1. The molecule has 6 nitrogen and oxygen atoms in total. The van der Waals surface area contributed by atoms with Gasteiger partial charge in [0.05, 0.1) is 9.60 Å². The molecule has 0 atom stereocenters. The van der Waals surface area contributed by atoms with Gasteiger partial charge in [-0.15, -0.1) is 11.8 Å². The van der Waals surface area contributed by atoms with Crippen molar-refractivity contribution in [3.8, 4) is 0 Å². The van der Waals surface area contributed by atoms with Crippen molar-refractivity contribution in [1.82, 2.24) is 9.88 Å². The number of para-hydroxylation sites is 1. The summed E-state index contributed by atoms with van der Waals surface area (Å²) in [6.45, 7) is 7.23. The second kappa shape index (κ2) is 12.4. The average molecular weight is 540 g/mol. The van der Waals surface area contributed by atoms with E-state index in [9.17, 15) is 13.2 Å². The van der Waals surface area contributed by atoms with E-state index in [-0.39, 0.29) is 10.8 Å². The van der Waals surface area contributed by atoms with Crippen molar-refractivity contribution >= 4 is 65.8 Å². The third-order valence-corrected chi connectivity index (χ3v) is 8.98. The number of sulfone groups is 1. The number of carbonyl (C=O) groups excluding carboxylic acids is 1. The minimum Gasteiger partial charge on any atom is -0.302 e. The van der Waals surface area contributed by atoms with E-state index in [4.69, 9.17) is 11.6 Å². The summed E-state index contributed by atoms with van der Waals surface area (Å²) < 4.78 is 25.2. The van der Waals surface area contributed by atoms with Crippen LogP contribution in [0.3, 0.4) is 0 Å². The number of benzene rings is 2. The van der Waals surface area contributed by atoms with Crippen LogP contribution in [0.1, 0.15) is 26.7 Å². The Kier molecular flexibility index (Phi) is 9.79. The summed E-state index contributed by atoms with van der Waals surface area (Å²) in [7, 11) is -3.42. The molecule has 34 heavy (non-hydrogen) atoms. The highest BCUT2D eigenvalue weighted by Gasteiger charge is 2.22. The fraction of sp³-hybridized carbons (Fsp3) is 0.417. The number of rotatable bonds is 12. The maximum Gasteiger partial charge on any atom is 0.228 e. The van der Waals surface area contributed by atoms with Crippen LogP contribution in [-0.4, -0.2) is 62.4 Å². The Bertz CT molecular complexity index is 1210. The topological polar surface area (TPSA) is 70.6 Å². The summed E-state index contributed by atoms with van der Waals surface area (Å²) in [5.41, 5.74) is 0.434. The number of amides is 1. The number of hydrogen-bond donors (Lipinski definition) is 0. The molecule has 0 fully saturated rings. The van der Waals surface area contributed by atoms with E-state index in [1.54, 1.807) is 28.8 Å². The lowest BCUT2D eigenvalue weighted by Crippen LogP contribution is -2.38. The van der Waals surface area contributed by atoms with E-state index in [2.05, 4.69) is 23.7 Å². The Morgan fingerprint density at radius 2 is 1.79 bits per heavy atom. The molecule has 1 amide bonds. The Morgan fingerprint density at radius 1 is 1.09 bits per heavy atom. The van der Waals surface area contributed by atoms with E-state index < -0.39 is 9.84 Å². The molecule has 184 valence electrons. The second-order valence-corrected chi connectivity index (χ2v) is 12.4. The Labute approximate surface area is 215 Å². The summed E-state index contributed by atoms with van der Waals surface area (Å²) in [6, 6.07) is 12.8. The first-order chi connectivity index (χ1) is 16.2. The van der Waals surface area contributed by atoms with Gasteiger partial charge in [0.2, 0.25) is 5.91 Å². The molecule has 0 aliphatic rings. The lowest BCUT2D eigenvalue weighted by atomic mass is 10.3. The van der Waals surface area contributed by atoms with Crippen LogP contribution in [-0.2, 0) is 14.6 Å². The summed E-state index contributed by atoms with van der Waals surface area (Å²) >= 11 is 9.00. The molecule has 0 spiro atoms. The molecule has 0 aliphatic carbocycles. The van der Waals surface area contributed by atoms with Crippen molar-refractivity contribution in [2.75, 3.05) is 43.1 Å². The Balaban J connectivity index is 1.76. The Hall–Kier alpha value is -1.65. The van der Waals surface area contributed by atoms with Gasteiger partial charge >= 0.3 is 0 Å². The van der Waals surface area contributed by atoms with Crippen molar-refractivity contribution in [3.05, 3.63) is 47.5 Å². The average Bonchev–Trinajstić information content (AvgIpc) is 3.23. The summed E-state index contributed by atoms with van der Waals surface area (Å²) in [4.78, 5) is 23.2. The molecule has 0 bridgehead atoms. The maximum atomic E-state index is 13.3. The summed E-state index contributed by atoms with van der Waals surface area (Å²) in [5.74, 6) is 0.818. The zero-order valence-corrected chi connectivity index (χ0v) is 22.9. The van der Waals surface area contributed by atoms with Gasteiger partial charge in [-0.25, -0.2) is 13.4 Å². The third-order valence-electron chi connectivity index (χ3n) is 5.45. The second-order valence-electron chi connectivity index (χ2n) is 7.85. The molecule has 1 aromatic heterocycles. The van der Waals surface area contributed by atoms with Gasteiger partial charge < -0.3 is 4.90 Å². The van der Waals surface area contributed by atoms with Crippen molar-refractivity contribution in [3.63, 3.8) is 0 Å². The normalized spacial score (nSPS) is 11.9. The van der Waals surface area contributed by atoms with Crippen molar-refractivity contribution < 1.29 is 13.2 Å². The van der Waals surface area contributed by atoms with Crippen LogP contribution >= 0.6 is 34.7 Å². The lowest BCUT2D eigenvalue weighted by Gasteiger charge is -2.24. The van der Waals surface area contributed by atoms with Crippen molar-refractivity contribution in [2.45, 2.75) is 36.5 Å². The van der Waals surface area contributed by atoms with Crippen LogP contribution in [0.15, 0.2) is 52.3 Å². The van der Waals surface area contributed by atoms with Crippen LogP contribution in [0.2, 0.25) is 5.02 Å². The zero-order chi connectivity index (χ0) is 24.7. The monoisotopic (exact) mass is 539 g/mol. The van der Waals surface area contributed by atoms with Crippen LogP contribution in [0.4, 0.5) is 5.13 Å². The van der Waals surface area contributed by atoms with Gasteiger partial charge in [0.15, 0.2) is 15.0 Å². The molecule has 0 radical (unpaired) electrons. The number of halogens is 1. The number of fused-ring (bicyclic) bond motifs is 1. The van der Waals surface area contributed by atoms with E-state index in [1.165, 1.54) is 17.6 Å². The van der Waals surface area contributed by atoms with Crippen molar-refractivity contribution in [1.29, 1.82) is 0 Å². The first-order valence-electron chi connectivity index (χ1n) is 11.2. The van der Waals surface area contributed by atoms with E-state index in [1.807, 2.05) is 30.3 Å². The molecule has 2 aromatic carbocycles. The predicted octanol–water partition coefficient (Wildman–Crippen LogP) is 5.60. The van der Waals surface area contributed by atoms with E-state index in [0.29, 0.717) is 28.6 Å². The largest absolute Gasteiger partial charge is 0.302 e. The minimum absolute atomic E-state index is 0.00354. The quantitative estimate of drug-likeness (QED) is 0.220. The molecule has 0 aliphatic heterocycles. The molecular weight excluding hydrogens is 510 g/mol. The maximum absolute atomic E-state index is 13.3. The smallest absolute Gasteiger partial charge is 0.228 e. The third kappa shape index (κ3) is 7.18. The number of thiazole rings is 1. The van der Waals surface area contributed by atoms with E-state index >= 15 is 0 Å². The SMILES string of the molecule is CCN(CC)CCN(C(=O)CCCSc1ccc(Cl)cc1)c1nc2c(S(C)(=O)=O)cccc2s1. The standard InChI is InChI=1S/C24H30ClN3O3S3/c1-4-27(5-2)15-16-28(22(29)10-7-17-32-19-13-11-18(25)12-14-19)24-26-23-20(33-24)8-6-9-21(23)34(3,30)31/h6,8-9,11-14H,4-5,7,10,15-17H2,1-3H3. The lowest BCUT2D eigenvalue weighted by molar-refractivity contribution is -0.118. The van der Waals surface area contributed by atoms with Gasteiger partial charge in [-0.05, 0) is 61.7 Å². The first kappa shape index (κ1) is 26.9. The highest BCUT2D eigenvalue weighted by molar-refractivity contribution is 7.99. The van der Waals surface area contributed by atoms with Gasteiger partial charge in [-0.1, -0.05) is 42.9 Å². The Morgan fingerprint density at radius 3 is 2.44 bits per heavy atom. The molecule has 3 aromatic rings. The van der Waals surface area contributed by atoms with E-state index in [0.717, 1.165) is 41.4 Å². The number of thioether (sulfide) groups is 1. The first-order valence-corrected chi connectivity index (χ1v) is 15.3. The van der Waals surface area contributed by atoms with Gasteiger partial charge in [-0.2, -0.15) is 0 Å². The molecule has 0 N–H and O–H groups in total. The van der Waals surface area contributed by atoms with Crippen LogP contribution in [0, 0.1) is 0 Å². The van der Waals surface area contributed by atoms with Crippen LogP contribution < -0.4 is 4.90 Å². The number of likely N-dealkylation sites (N-methyl/N-ethyl adjacent to an activating group) is 1.